The van der Waals surface area contributed by atoms with Crippen LogP contribution in [-0.4, -0.2) is 43.3 Å². The maximum Gasteiger partial charge on any atom is 0.472 e. The number of hydrogen-bond donors (Lipinski definition) is 1. The van der Waals surface area contributed by atoms with Gasteiger partial charge in [-0.05, 0) is 64.2 Å². The number of carbonyl (C=O) groups excluding carboxylic acids is 2. The molecule has 2 atom stereocenters. The first-order valence-corrected chi connectivity index (χ1v) is 19.2. The maximum absolute atomic E-state index is 12.4. The van der Waals surface area contributed by atoms with E-state index >= 15 is 0 Å². The Kier molecular flexibility index (Phi) is 31.0. The first kappa shape index (κ1) is 43.3. The van der Waals surface area contributed by atoms with Crippen LogP contribution < -0.4 is 0 Å². The summed E-state index contributed by atoms with van der Waals surface area (Å²) in [4.78, 5) is 34.2. The molecule has 0 bridgehead atoms. The Morgan fingerprint density at radius 2 is 1.09 bits per heavy atom. The highest BCUT2D eigenvalue weighted by Crippen LogP contribution is 2.42. The molecule has 8 nitrogen and oxygen atoms in total. The van der Waals surface area contributed by atoms with Gasteiger partial charge in [0.05, 0.1) is 6.61 Å². The van der Waals surface area contributed by atoms with E-state index in [1.807, 2.05) is 0 Å². The largest absolute Gasteiger partial charge is 0.472 e. The topological polar surface area (TPSA) is 108 Å². The van der Waals surface area contributed by atoms with Crippen LogP contribution in [0.2, 0.25) is 0 Å². The summed E-state index contributed by atoms with van der Waals surface area (Å²) in [7, 11) is -3.21. The minimum atomic E-state index is -4.26. The predicted molar refractivity (Wildman–Crippen MR) is 184 cm³/mol. The highest BCUT2D eigenvalue weighted by Gasteiger charge is 2.24. The third-order valence-electron chi connectivity index (χ3n) is 7.36. The van der Waals surface area contributed by atoms with Gasteiger partial charge < -0.3 is 14.4 Å². The lowest BCUT2D eigenvalue weighted by atomic mass is 10.1. The lowest BCUT2D eigenvalue weighted by Gasteiger charge is -2.19. The lowest BCUT2D eigenvalue weighted by Crippen LogP contribution is -2.29. The van der Waals surface area contributed by atoms with Gasteiger partial charge >= 0.3 is 19.8 Å². The highest BCUT2D eigenvalue weighted by atomic mass is 31.2. The van der Waals surface area contributed by atoms with E-state index < -0.39 is 26.5 Å². The van der Waals surface area contributed by atoms with Crippen LogP contribution in [0, 0.1) is 0 Å². The second-order valence-electron chi connectivity index (χ2n) is 11.6. The highest BCUT2D eigenvalue weighted by molar-refractivity contribution is 7.47. The van der Waals surface area contributed by atoms with Crippen LogP contribution >= 0.6 is 7.82 Å². The Balaban J connectivity index is 4.14. The summed E-state index contributed by atoms with van der Waals surface area (Å²) < 4.78 is 31.8. The molecular formula is C36H65O8P. The number of carbonyl (C=O) groups is 2. The number of unbranched alkanes of at least 4 members (excludes halogenated alkanes) is 15. The van der Waals surface area contributed by atoms with Gasteiger partial charge in [-0.2, -0.15) is 0 Å². The molecule has 0 amide bonds. The van der Waals surface area contributed by atoms with Crippen LogP contribution in [-0.2, 0) is 32.7 Å². The number of phosphoric ester groups is 1. The van der Waals surface area contributed by atoms with E-state index in [9.17, 15) is 19.0 Å². The summed E-state index contributed by atoms with van der Waals surface area (Å²) in [6.07, 6.45) is 34.8. The average molecular weight is 657 g/mol. The van der Waals surface area contributed by atoms with E-state index in [2.05, 4.69) is 54.8 Å². The molecule has 45 heavy (non-hydrogen) atoms. The van der Waals surface area contributed by atoms with Crippen molar-refractivity contribution in [2.45, 2.75) is 161 Å². The van der Waals surface area contributed by atoms with Crippen LogP contribution in [0.25, 0.3) is 0 Å². The van der Waals surface area contributed by atoms with Crippen molar-refractivity contribution in [3.8, 4) is 0 Å². The third kappa shape index (κ3) is 32.0. The van der Waals surface area contributed by atoms with Gasteiger partial charge in [0.15, 0.2) is 6.10 Å². The van der Waals surface area contributed by atoms with Crippen molar-refractivity contribution in [1.82, 2.24) is 0 Å². The van der Waals surface area contributed by atoms with Crippen LogP contribution in [0.1, 0.15) is 155 Å². The van der Waals surface area contributed by atoms with Gasteiger partial charge in [0.2, 0.25) is 0 Å². The second kappa shape index (κ2) is 32.2. The Hall–Kier alpha value is -1.73. The Morgan fingerprint density at radius 3 is 1.64 bits per heavy atom. The zero-order chi connectivity index (χ0) is 33.3. The minimum Gasteiger partial charge on any atom is -0.462 e. The monoisotopic (exact) mass is 656 g/mol. The molecule has 0 radical (unpaired) electrons. The molecule has 0 fully saturated rings. The van der Waals surface area contributed by atoms with Crippen molar-refractivity contribution in [1.29, 1.82) is 0 Å². The maximum atomic E-state index is 12.4. The van der Waals surface area contributed by atoms with Crippen molar-refractivity contribution < 1.29 is 37.6 Å². The van der Waals surface area contributed by atoms with Gasteiger partial charge in [-0.3, -0.25) is 18.6 Å². The molecule has 0 spiro atoms. The summed E-state index contributed by atoms with van der Waals surface area (Å²) in [5.41, 5.74) is 0. The summed E-state index contributed by atoms with van der Waals surface area (Å²) in [5.74, 6) is -0.835. The van der Waals surface area contributed by atoms with Crippen molar-refractivity contribution in [3.63, 3.8) is 0 Å². The second-order valence-corrected chi connectivity index (χ2v) is 13.2. The Morgan fingerprint density at radius 1 is 0.622 bits per heavy atom. The molecule has 0 saturated heterocycles. The van der Waals surface area contributed by atoms with E-state index in [-0.39, 0.29) is 25.4 Å². The molecule has 0 saturated carbocycles. The standard InChI is InChI=1S/C36H65O8P/c1-4-6-8-10-12-14-16-17-18-19-21-23-25-27-29-31-36(38)44-34(33-43-45(39,40)41-3)32-42-35(37)30-28-26-24-22-20-15-13-11-9-7-5-2/h11-14,17-18,34H,4-10,15-16,19-33H2,1-3H3,(H,39,40)/b13-11-,14-12-,18-17-. The number of allylic oxidation sites excluding steroid dienone is 6. The van der Waals surface area contributed by atoms with Gasteiger partial charge in [0, 0.05) is 20.0 Å². The van der Waals surface area contributed by atoms with Crippen molar-refractivity contribution in [2.75, 3.05) is 20.3 Å². The first-order chi connectivity index (χ1) is 21.8. The average Bonchev–Trinajstić information content (AvgIpc) is 3.03. The van der Waals surface area contributed by atoms with Gasteiger partial charge in [-0.25, -0.2) is 4.57 Å². The first-order valence-electron chi connectivity index (χ1n) is 17.7. The van der Waals surface area contributed by atoms with Crippen LogP contribution in [0.15, 0.2) is 36.5 Å². The van der Waals surface area contributed by atoms with Gasteiger partial charge in [0.25, 0.3) is 0 Å². The molecular weight excluding hydrogens is 591 g/mol. The molecule has 0 aromatic rings. The molecule has 0 aromatic carbocycles. The zero-order valence-corrected chi connectivity index (χ0v) is 29.7. The number of ether oxygens (including phenoxy) is 2. The normalized spacial score (nSPS) is 14.0. The van der Waals surface area contributed by atoms with Crippen LogP contribution in [0.3, 0.4) is 0 Å². The number of esters is 2. The summed E-state index contributed by atoms with van der Waals surface area (Å²) in [5, 5.41) is 0. The molecule has 262 valence electrons. The zero-order valence-electron chi connectivity index (χ0n) is 28.8. The fraction of sp³-hybridized carbons (Fsp3) is 0.778. The van der Waals surface area contributed by atoms with Crippen molar-refractivity contribution >= 4 is 19.8 Å². The van der Waals surface area contributed by atoms with Gasteiger partial charge in [-0.15, -0.1) is 0 Å². The summed E-state index contributed by atoms with van der Waals surface area (Å²) in [6.45, 7) is 3.78. The molecule has 9 heteroatoms. The van der Waals surface area contributed by atoms with Gasteiger partial charge in [-0.1, -0.05) is 115 Å². The van der Waals surface area contributed by atoms with E-state index in [0.29, 0.717) is 6.42 Å². The van der Waals surface area contributed by atoms with E-state index in [1.54, 1.807) is 0 Å². The smallest absolute Gasteiger partial charge is 0.462 e. The third-order valence-corrected chi connectivity index (χ3v) is 8.29. The number of phosphoric acid groups is 1. The summed E-state index contributed by atoms with van der Waals surface area (Å²) >= 11 is 0. The lowest BCUT2D eigenvalue weighted by molar-refractivity contribution is -0.161. The van der Waals surface area contributed by atoms with Crippen molar-refractivity contribution in [2.24, 2.45) is 0 Å². The molecule has 0 aliphatic heterocycles. The van der Waals surface area contributed by atoms with Gasteiger partial charge in [0.1, 0.15) is 6.61 Å². The summed E-state index contributed by atoms with van der Waals surface area (Å²) in [6, 6.07) is 0. The molecule has 1 N–H and O–H groups in total. The van der Waals surface area contributed by atoms with Crippen LogP contribution in [0.5, 0.6) is 0 Å². The molecule has 0 heterocycles. The van der Waals surface area contributed by atoms with Crippen LogP contribution in [0.4, 0.5) is 0 Å². The fourth-order valence-electron chi connectivity index (χ4n) is 4.55. The SMILES string of the molecule is CCCC/C=C\CCCCCCCC(=O)OCC(COP(=O)(O)OC)OC(=O)CCCCCCC/C=C\C/C=C\CCCCC. The molecule has 0 rings (SSSR count). The molecule has 0 aliphatic carbocycles. The minimum absolute atomic E-state index is 0.227. The molecule has 2 unspecified atom stereocenters. The van der Waals surface area contributed by atoms with Crippen molar-refractivity contribution in [3.05, 3.63) is 36.5 Å². The Bertz CT molecular complexity index is 839. The molecule has 0 aliphatic rings. The quantitative estimate of drug-likeness (QED) is 0.0330. The number of rotatable bonds is 32. The predicted octanol–water partition coefficient (Wildman–Crippen LogP) is 10.5. The van der Waals surface area contributed by atoms with E-state index in [1.165, 1.54) is 38.5 Å². The van der Waals surface area contributed by atoms with E-state index in [4.69, 9.17) is 14.0 Å². The molecule has 0 aromatic heterocycles. The Labute approximate surface area is 275 Å². The number of hydrogen-bond acceptors (Lipinski definition) is 7. The fourth-order valence-corrected chi connectivity index (χ4v) is 5.01. The van der Waals surface area contributed by atoms with E-state index in [0.717, 1.165) is 90.6 Å².